The SMILES string of the molecule is COC1OC(CO)C(O)C(OC)C1NC(=O)CNC(N)=O. The molecule has 21 heavy (non-hydrogen) atoms. The fourth-order valence-corrected chi connectivity index (χ4v) is 2.11. The highest BCUT2D eigenvalue weighted by Gasteiger charge is 2.46. The molecule has 10 nitrogen and oxygen atoms in total. The van der Waals surface area contributed by atoms with Crippen LogP contribution in [0.4, 0.5) is 4.79 Å². The van der Waals surface area contributed by atoms with Gasteiger partial charge < -0.3 is 40.8 Å². The average Bonchev–Trinajstić information content (AvgIpc) is 2.45. The van der Waals surface area contributed by atoms with Crippen molar-refractivity contribution >= 4 is 11.9 Å². The molecule has 1 aliphatic rings. The molecule has 6 N–H and O–H groups in total. The van der Waals surface area contributed by atoms with Crippen molar-refractivity contribution < 1.29 is 34.0 Å². The van der Waals surface area contributed by atoms with E-state index in [1.54, 1.807) is 0 Å². The fraction of sp³-hybridized carbons (Fsp3) is 0.818. The zero-order valence-corrected chi connectivity index (χ0v) is 11.8. The Morgan fingerprint density at radius 1 is 1.33 bits per heavy atom. The van der Waals surface area contributed by atoms with Gasteiger partial charge in [-0.15, -0.1) is 0 Å². The third-order valence-corrected chi connectivity index (χ3v) is 3.11. The summed E-state index contributed by atoms with van der Waals surface area (Å²) in [5, 5.41) is 23.9. The Balaban J connectivity index is 2.75. The van der Waals surface area contributed by atoms with E-state index in [9.17, 15) is 14.7 Å². The quantitative estimate of drug-likeness (QED) is 0.348. The number of rotatable bonds is 6. The third-order valence-electron chi connectivity index (χ3n) is 3.11. The van der Waals surface area contributed by atoms with Crippen LogP contribution in [0.1, 0.15) is 0 Å². The van der Waals surface area contributed by atoms with Crippen LogP contribution in [-0.4, -0.2) is 80.2 Å². The molecule has 0 aromatic carbocycles. The number of carbonyl (C=O) groups is 2. The van der Waals surface area contributed by atoms with Crippen molar-refractivity contribution in [2.75, 3.05) is 27.4 Å². The van der Waals surface area contributed by atoms with Gasteiger partial charge in [0.25, 0.3) is 0 Å². The summed E-state index contributed by atoms with van der Waals surface area (Å²) in [6.45, 7) is -0.761. The van der Waals surface area contributed by atoms with E-state index < -0.39 is 49.2 Å². The number of primary amides is 1. The monoisotopic (exact) mass is 307 g/mol. The summed E-state index contributed by atoms with van der Waals surface area (Å²) in [7, 11) is 2.70. The van der Waals surface area contributed by atoms with Crippen LogP contribution in [0.25, 0.3) is 0 Å². The van der Waals surface area contributed by atoms with Crippen LogP contribution in [0.5, 0.6) is 0 Å². The van der Waals surface area contributed by atoms with Gasteiger partial charge in [-0.25, -0.2) is 4.79 Å². The van der Waals surface area contributed by atoms with Gasteiger partial charge in [-0.2, -0.15) is 0 Å². The van der Waals surface area contributed by atoms with Crippen LogP contribution in [0.2, 0.25) is 0 Å². The molecule has 1 rings (SSSR count). The summed E-state index contributed by atoms with van der Waals surface area (Å²) in [6.07, 6.45) is -3.82. The highest BCUT2D eigenvalue weighted by molar-refractivity contribution is 5.83. The molecule has 0 spiro atoms. The first kappa shape index (κ1) is 17.6. The molecular weight excluding hydrogens is 286 g/mol. The Morgan fingerprint density at radius 3 is 2.48 bits per heavy atom. The van der Waals surface area contributed by atoms with Crippen molar-refractivity contribution in [3.63, 3.8) is 0 Å². The van der Waals surface area contributed by atoms with Crippen LogP contribution in [0.15, 0.2) is 0 Å². The van der Waals surface area contributed by atoms with E-state index >= 15 is 0 Å². The van der Waals surface area contributed by atoms with E-state index in [0.29, 0.717) is 0 Å². The molecule has 0 aromatic rings. The third kappa shape index (κ3) is 4.51. The number of amides is 3. The van der Waals surface area contributed by atoms with Gasteiger partial charge in [-0.1, -0.05) is 0 Å². The second kappa shape index (κ2) is 8.10. The van der Waals surface area contributed by atoms with E-state index in [-0.39, 0.29) is 6.54 Å². The maximum atomic E-state index is 11.7. The molecule has 5 atom stereocenters. The van der Waals surface area contributed by atoms with E-state index in [4.69, 9.17) is 25.1 Å². The van der Waals surface area contributed by atoms with Crippen molar-refractivity contribution in [1.82, 2.24) is 10.6 Å². The van der Waals surface area contributed by atoms with Crippen molar-refractivity contribution in [2.45, 2.75) is 30.6 Å². The molecular formula is C11H21N3O7. The molecule has 0 aromatic heterocycles. The number of carbonyl (C=O) groups excluding carboxylic acids is 2. The molecule has 5 unspecified atom stereocenters. The molecule has 3 amide bonds. The van der Waals surface area contributed by atoms with Gasteiger partial charge in [-0.05, 0) is 0 Å². The zero-order chi connectivity index (χ0) is 16.0. The summed E-state index contributed by atoms with van der Waals surface area (Å²) >= 11 is 0. The molecule has 10 heteroatoms. The van der Waals surface area contributed by atoms with E-state index in [1.807, 2.05) is 0 Å². The molecule has 0 aliphatic carbocycles. The van der Waals surface area contributed by atoms with Gasteiger partial charge in [0.1, 0.15) is 24.4 Å². The van der Waals surface area contributed by atoms with E-state index in [2.05, 4.69) is 10.6 Å². The number of hydrogen-bond donors (Lipinski definition) is 5. The van der Waals surface area contributed by atoms with Gasteiger partial charge in [0, 0.05) is 14.2 Å². The highest BCUT2D eigenvalue weighted by Crippen LogP contribution is 2.23. The Bertz CT molecular complexity index is 368. The normalized spacial score (nSPS) is 32.5. The number of nitrogens with two attached hydrogens (primary N) is 1. The van der Waals surface area contributed by atoms with Gasteiger partial charge in [-0.3, -0.25) is 4.79 Å². The topological polar surface area (TPSA) is 152 Å². The van der Waals surface area contributed by atoms with Crippen molar-refractivity contribution in [3.8, 4) is 0 Å². The molecule has 0 saturated carbocycles. The lowest BCUT2D eigenvalue weighted by Gasteiger charge is -2.43. The van der Waals surface area contributed by atoms with E-state index in [0.717, 1.165) is 0 Å². The predicted molar refractivity (Wildman–Crippen MR) is 69.1 cm³/mol. The number of ether oxygens (including phenoxy) is 3. The number of hydrogen-bond acceptors (Lipinski definition) is 7. The lowest BCUT2D eigenvalue weighted by atomic mass is 9.96. The molecule has 1 fully saturated rings. The second-order valence-electron chi connectivity index (χ2n) is 4.46. The lowest BCUT2D eigenvalue weighted by Crippen LogP contribution is -2.65. The first-order valence-corrected chi connectivity index (χ1v) is 6.27. The van der Waals surface area contributed by atoms with Crippen LogP contribution in [-0.2, 0) is 19.0 Å². The summed E-state index contributed by atoms with van der Waals surface area (Å²) < 4.78 is 15.6. The van der Waals surface area contributed by atoms with E-state index in [1.165, 1.54) is 14.2 Å². The number of urea groups is 1. The first-order chi connectivity index (χ1) is 9.94. The summed E-state index contributed by atoms with van der Waals surface area (Å²) in [5.74, 6) is -0.554. The lowest BCUT2D eigenvalue weighted by molar-refractivity contribution is -0.266. The Hall–Kier alpha value is -1.46. The summed E-state index contributed by atoms with van der Waals surface area (Å²) in [5.41, 5.74) is 4.87. The van der Waals surface area contributed by atoms with Crippen LogP contribution < -0.4 is 16.4 Å². The predicted octanol–water partition coefficient (Wildman–Crippen LogP) is -3.12. The first-order valence-electron chi connectivity index (χ1n) is 6.27. The number of nitrogens with one attached hydrogen (secondary N) is 2. The average molecular weight is 307 g/mol. The van der Waals surface area contributed by atoms with Crippen LogP contribution >= 0.6 is 0 Å². The molecule has 1 heterocycles. The minimum atomic E-state index is -1.15. The standard InChI is InChI=1S/C11H21N3O7/c1-19-9-7(14-6(16)3-13-11(12)18)10(20-2)21-5(4-15)8(9)17/h5,7-10,15,17H,3-4H2,1-2H3,(H,14,16)(H3,12,13,18). The van der Waals surface area contributed by atoms with Crippen LogP contribution in [0.3, 0.4) is 0 Å². The van der Waals surface area contributed by atoms with Gasteiger partial charge in [0.2, 0.25) is 5.91 Å². The Kier molecular flexibility index (Phi) is 6.78. The largest absolute Gasteiger partial charge is 0.394 e. The molecule has 0 bridgehead atoms. The summed E-state index contributed by atoms with van der Waals surface area (Å²) in [6, 6.07) is -1.66. The fourth-order valence-electron chi connectivity index (χ4n) is 2.11. The molecule has 1 saturated heterocycles. The maximum Gasteiger partial charge on any atom is 0.312 e. The van der Waals surface area contributed by atoms with Gasteiger partial charge >= 0.3 is 6.03 Å². The zero-order valence-electron chi connectivity index (χ0n) is 11.8. The van der Waals surface area contributed by atoms with Gasteiger partial charge in [0.15, 0.2) is 6.29 Å². The Labute approximate surface area is 121 Å². The smallest absolute Gasteiger partial charge is 0.312 e. The highest BCUT2D eigenvalue weighted by atomic mass is 16.7. The second-order valence-corrected chi connectivity index (χ2v) is 4.46. The van der Waals surface area contributed by atoms with Gasteiger partial charge in [0.05, 0.1) is 13.2 Å². The molecule has 0 radical (unpaired) electrons. The van der Waals surface area contributed by atoms with Crippen molar-refractivity contribution in [1.29, 1.82) is 0 Å². The molecule has 1 aliphatic heterocycles. The van der Waals surface area contributed by atoms with Crippen LogP contribution in [0, 0.1) is 0 Å². The van der Waals surface area contributed by atoms with Crippen molar-refractivity contribution in [3.05, 3.63) is 0 Å². The summed E-state index contributed by atoms with van der Waals surface area (Å²) in [4.78, 5) is 22.3. The van der Waals surface area contributed by atoms with Crippen molar-refractivity contribution in [2.24, 2.45) is 5.73 Å². The minimum absolute atomic E-state index is 0.335. The minimum Gasteiger partial charge on any atom is -0.394 e. The Morgan fingerprint density at radius 2 is 2.00 bits per heavy atom. The number of methoxy groups -OCH3 is 2. The maximum absolute atomic E-state index is 11.7. The number of aliphatic hydroxyl groups excluding tert-OH is 2. The molecule has 122 valence electrons. The number of aliphatic hydroxyl groups is 2.